The van der Waals surface area contributed by atoms with Crippen molar-refractivity contribution >= 4 is 10.0 Å². The topological polar surface area (TPSA) is 57.6 Å². The summed E-state index contributed by atoms with van der Waals surface area (Å²) in [6, 6.07) is 0.164. The lowest BCUT2D eigenvalue weighted by molar-refractivity contribution is 0.174. The molecule has 0 heterocycles. The van der Waals surface area contributed by atoms with Gasteiger partial charge < -0.3 is 5.11 Å². The van der Waals surface area contributed by atoms with Crippen molar-refractivity contribution in [2.45, 2.75) is 58.4 Å². The van der Waals surface area contributed by atoms with E-state index in [-0.39, 0.29) is 18.4 Å². The third kappa shape index (κ3) is 4.52. The molecule has 108 valence electrons. The predicted octanol–water partition coefficient (Wildman–Crippen LogP) is 1.99. The predicted molar refractivity (Wildman–Crippen MR) is 73.9 cm³/mol. The highest BCUT2D eigenvalue weighted by molar-refractivity contribution is 7.89. The molecular weight excluding hydrogens is 250 g/mol. The number of sulfonamides is 1. The highest BCUT2D eigenvalue weighted by atomic mass is 32.2. The summed E-state index contributed by atoms with van der Waals surface area (Å²) >= 11 is 0. The molecule has 0 spiro atoms. The molecule has 0 aromatic rings. The Morgan fingerprint density at radius 3 is 2.28 bits per heavy atom. The maximum Gasteiger partial charge on any atom is 0.214 e. The van der Waals surface area contributed by atoms with Gasteiger partial charge in [0.1, 0.15) is 0 Å². The Morgan fingerprint density at radius 2 is 1.78 bits per heavy atom. The van der Waals surface area contributed by atoms with Gasteiger partial charge in [-0.15, -0.1) is 0 Å². The van der Waals surface area contributed by atoms with Gasteiger partial charge in [0.2, 0.25) is 10.0 Å². The normalized spacial score (nSPS) is 21.4. The van der Waals surface area contributed by atoms with E-state index in [0.29, 0.717) is 18.3 Å². The molecule has 1 aliphatic carbocycles. The van der Waals surface area contributed by atoms with Crippen molar-refractivity contribution in [3.8, 4) is 0 Å². The Kier molecular flexibility index (Phi) is 5.62. The number of hydrogen-bond acceptors (Lipinski definition) is 3. The molecule has 1 rings (SSSR count). The van der Waals surface area contributed by atoms with Crippen molar-refractivity contribution in [3.63, 3.8) is 0 Å². The van der Waals surface area contributed by atoms with Crippen LogP contribution in [-0.4, -0.2) is 43.3 Å². The minimum absolute atomic E-state index is 0.0663. The average Bonchev–Trinajstić information content (AvgIpc) is 2.28. The number of aliphatic hydroxyl groups is 1. The molecule has 0 amide bonds. The largest absolute Gasteiger partial charge is 0.396 e. The van der Waals surface area contributed by atoms with Crippen LogP contribution in [0.2, 0.25) is 0 Å². The van der Waals surface area contributed by atoms with Gasteiger partial charge in [-0.2, -0.15) is 0 Å². The van der Waals surface area contributed by atoms with Crippen molar-refractivity contribution in [1.29, 1.82) is 0 Å². The lowest BCUT2D eigenvalue weighted by atomic mass is 9.76. The van der Waals surface area contributed by atoms with E-state index >= 15 is 0 Å². The van der Waals surface area contributed by atoms with Gasteiger partial charge in [0, 0.05) is 19.7 Å². The van der Waals surface area contributed by atoms with E-state index in [1.165, 1.54) is 0 Å². The zero-order valence-electron chi connectivity index (χ0n) is 11.9. The first kappa shape index (κ1) is 15.9. The average molecular weight is 277 g/mol. The van der Waals surface area contributed by atoms with E-state index < -0.39 is 10.0 Å². The molecule has 4 nitrogen and oxygen atoms in total. The summed E-state index contributed by atoms with van der Waals surface area (Å²) in [6.45, 7) is 4.56. The van der Waals surface area contributed by atoms with Crippen LogP contribution in [0.3, 0.4) is 0 Å². The molecule has 5 heteroatoms. The van der Waals surface area contributed by atoms with Gasteiger partial charge in [-0.3, -0.25) is 0 Å². The zero-order valence-corrected chi connectivity index (χ0v) is 12.7. The fraction of sp³-hybridized carbons (Fsp3) is 1.00. The van der Waals surface area contributed by atoms with Crippen LogP contribution < -0.4 is 0 Å². The van der Waals surface area contributed by atoms with Crippen LogP contribution in [0.1, 0.15) is 52.4 Å². The van der Waals surface area contributed by atoms with Gasteiger partial charge in [-0.05, 0) is 43.9 Å². The van der Waals surface area contributed by atoms with Crippen LogP contribution in [0.5, 0.6) is 0 Å². The van der Waals surface area contributed by atoms with Crippen LogP contribution >= 0.6 is 0 Å². The fourth-order valence-corrected chi connectivity index (χ4v) is 4.04. The number of rotatable bonds is 6. The molecule has 0 bridgehead atoms. The quantitative estimate of drug-likeness (QED) is 0.755. The Morgan fingerprint density at radius 1 is 1.22 bits per heavy atom. The molecule has 0 aromatic carbocycles. The Bertz CT molecular complexity index is 341. The van der Waals surface area contributed by atoms with E-state index in [4.69, 9.17) is 5.11 Å². The molecule has 0 atom stereocenters. The molecule has 0 unspecified atom stereocenters. The standard InChI is InChI=1S/C13H27NO3S/c1-13(2)8-6-12(7-9-13)14(3)18(16,17)11-5-4-10-15/h12,15H,4-11H2,1-3H3. The number of aliphatic hydroxyl groups excluding tert-OH is 1. The molecule has 1 fully saturated rings. The first-order chi connectivity index (χ1) is 8.28. The van der Waals surface area contributed by atoms with Crippen molar-refractivity contribution in [2.24, 2.45) is 5.41 Å². The maximum absolute atomic E-state index is 12.1. The van der Waals surface area contributed by atoms with Crippen molar-refractivity contribution in [3.05, 3.63) is 0 Å². The molecule has 0 saturated heterocycles. The van der Waals surface area contributed by atoms with Crippen LogP contribution in [0, 0.1) is 5.41 Å². The van der Waals surface area contributed by atoms with E-state index in [2.05, 4.69) is 13.8 Å². The lowest BCUT2D eigenvalue weighted by Crippen LogP contribution is -2.41. The van der Waals surface area contributed by atoms with Crippen LogP contribution in [0.4, 0.5) is 0 Å². The minimum Gasteiger partial charge on any atom is -0.396 e. The van der Waals surface area contributed by atoms with Gasteiger partial charge in [-0.1, -0.05) is 13.8 Å². The first-order valence-electron chi connectivity index (χ1n) is 6.85. The maximum atomic E-state index is 12.1. The van der Waals surface area contributed by atoms with Crippen molar-refractivity contribution in [2.75, 3.05) is 19.4 Å². The number of hydrogen-bond donors (Lipinski definition) is 1. The summed E-state index contributed by atoms with van der Waals surface area (Å²) < 4.78 is 25.8. The van der Waals surface area contributed by atoms with Crippen molar-refractivity contribution in [1.82, 2.24) is 4.31 Å². The minimum atomic E-state index is -3.15. The molecular formula is C13H27NO3S. The third-order valence-electron chi connectivity index (χ3n) is 4.07. The number of unbranched alkanes of at least 4 members (excludes halogenated alkanes) is 1. The molecule has 0 radical (unpaired) electrons. The van der Waals surface area contributed by atoms with Gasteiger partial charge in [0.15, 0.2) is 0 Å². The van der Waals surface area contributed by atoms with Gasteiger partial charge in [-0.25, -0.2) is 12.7 Å². The summed E-state index contributed by atoms with van der Waals surface area (Å²) in [6.07, 6.45) is 5.21. The SMILES string of the molecule is CN(C1CCC(C)(C)CC1)S(=O)(=O)CCCCO. The van der Waals surface area contributed by atoms with E-state index in [9.17, 15) is 8.42 Å². The van der Waals surface area contributed by atoms with Crippen LogP contribution in [0.15, 0.2) is 0 Å². The second-order valence-electron chi connectivity index (χ2n) is 6.16. The highest BCUT2D eigenvalue weighted by Gasteiger charge is 2.32. The van der Waals surface area contributed by atoms with E-state index in [1.54, 1.807) is 11.4 Å². The van der Waals surface area contributed by atoms with Crippen LogP contribution in [0.25, 0.3) is 0 Å². The summed E-state index contributed by atoms with van der Waals surface area (Å²) in [5, 5.41) is 8.70. The number of nitrogens with zero attached hydrogens (tertiary/aromatic N) is 1. The second kappa shape index (κ2) is 6.35. The summed E-state index contributed by atoms with van der Waals surface area (Å²) in [7, 11) is -1.44. The summed E-state index contributed by atoms with van der Waals surface area (Å²) in [5.41, 5.74) is 0.359. The first-order valence-corrected chi connectivity index (χ1v) is 8.46. The van der Waals surface area contributed by atoms with Gasteiger partial charge >= 0.3 is 0 Å². The molecule has 1 saturated carbocycles. The fourth-order valence-electron chi connectivity index (χ4n) is 2.52. The smallest absolute Gasteiger partial charge is 0.214 e. The highest BCUT2D eigenvalue weighted by Crippen LogP contribution is 2.37. The molecule has 1 N–H and O–H groups in total. The lowest BCUT2D eigenvalue weighted by Gasteiger charge is -2.38. The Labute approximate surface area is 111 Å². The van der Waals surface area contributed by atoms with Gasteiger partial charge in [0.05, 0.1) is 5.75 Å². The van der Waals surface area contributed by atoms with E-state index in [1.807, 2.05) is 0 Å². The third-order valence-corrected chi connectivity index (χ3v) is 6.05. The molecule has 0 aliphatic heterocycles. The monoisotopic (exact) mass is 277 g/mol. The molecule has 0 aromatic heterocycles. The molecule has 18 heavy (non-hydrogen) atoms. The van der Waals surface area contributed by atoms with E-state index in [0.717, 1.165) is 25.7 Å². The van der Waals surface area contributed by atoms with Gasteiger partial charge in [0.25, 0.3) is 0 Å². The zero-order chi connectivity index (χ0) is 13.8. The molecule has 1 aliphatic rings. The second-order valence-corrected chi connectivity index (χ2v) is 8.31. The Hall–Kier alpha value is -0.130. The summed E-state index contributed by atoms with van der Waals surface area (Å²) in [5.74, 6) is 0.157. The Balaban J connectivity index is 2.51. The van der Waals surface area contributed by atoms with Crippen LogP contribution in [-0.2, 0) is 10.0 Å². The van der Waals surface area contributed by atoms with Crippen molar-refractivity contribution < 1.29 is 13.5 Å². The summed E-state index contributed by atoms with van der Waals surface area (Å²) in [4.78, 5) is 0.